The molecule has 2 aromatic rings. The zero-order valence-electron chi connectivity index (χ0n) is 16.9. The third-order valence-corrected chi connectivity index (χ3v) is 6.34. The van der Waals surface area contributed by atoms with Gasteiger partial charge in [0.1, 0.15) is 0 Å². The maximum Gasteiger partial charge on any atom is 0.417 e. The minimum Gasteiger partial charge on any atom is -0.306 e. The highest BCUT2D eigenvalue weighted by Crippen LogP contribution is 2.39. The van der Waals surface area contributed by atoms with E-state index in [0.717, 1.165) is 51.2 Å². The first kappa shape index (κ1) is 23.2. The number of likely N-dealkylation sites (tertiary alicyclic amines) is 2. The molecule has 1 aromatic carbocycles. The smallest absolute Gasteiger partial charge is 0.306 e. The van der Waals surface area contributed by atoms with Gasteiger partial charge < -0.3 is 4.90 Å². The van der Waals surface area contributed by atoms with Crippen LogP contribution in [-0.4, -0.2) is 63.2 Å². The van der Waals surface area contributed by atoms with Gasteiger partial charge in [0, 0.05) is 6.54 Å². The first-order valence-electron chi connectivity index (χ1n) is 10.1. The zero-order valence-corrected chi connectivity index (χ0v) is 16.9. The Balaban J connectivity index is 0.00000272. The number of nitriles is 1. The standard InChI is InChI=1S/C20H24F3N7.CH4/c1-28-8-2-5-19(14-28)6-9-29(10-7-19)13-18-25-26-27-30(18)16-4-3-15(12-24)17(11-16)20(21,22)23;/h3-4,11H,2,5-10,13-14H2,1H3;1H4. The fourth-order valence-electron chi connectivity index (χ4n) is 4.75. The number of nitrogens with zero attached hydrogens (tertiary/aromatic N) is 7. The quantitative estimate of drug-likeness (QED) is 0.735. The first-order chi connectivity index (χ1) is 14.3. The van der Waals surface area contributed by atoms with Gasteiger partial charge in [0.2, 0.25) is 0 Å². The Hall–Kier alpha value is -2.51. The van der Waals surface area contributed by atoms with Crippen molar-refractivity contribution in [1.29, 1.82) is 5.26 Å². The van der Waals surface area contributed by atoms with Gasteiger partial charge in [-0.15, -0.1) is 5.10 Å². The Morgan fingerprint density at radius 3 is 2.55 bits per heavy atom. The molecule has 0 aliphatic carbocycles. The number of rotatable bonds is 3. The zero-order chi connectivity index (χ0) is 21.4. The van der Waals surface area contributed by atoms with E-state index < -0.39 is 17.3 Å². The lowest BCUT2D eigenvalue weighted by Gasteiger charge is -2.46. The molecule has 2 aliphatic rings. The van der Waals surface area contributed by atoms with E-state index in [1.165, 1.54) is 23.6 Å². The van der Waals surface area contributed by atoms with Crippen LogP contribution < -0.4 is 0 Å². The molecular formula is C21H28F3N7. The van der Waals surface area contributed by atoms with Crippen molar-refractivity contribution in [3.05, 3.63) is 35.2 Å². The van der Waals surface area contributed by atoms with E-state index in [0.29, 0.717) is 17.8 Å². The Kier molecular flexibility index (Phi) is 6.67. The number of halogens is 3. The molecule has 0 saturated carbocycles. The molecule has 0 amide bonds. The van der Waals surface area contributed by atoms with Gasteiger partial charge in [0.15, 0.2) is 5.82 Å². The predicted octanol–water partition coefficient (Wildman–Crippen LogP) is 3.50. The summed E-state index contributed by atoms with van der Waals surface area (Å²) in [4.78, 5) is 4.67. The van der Waals surface area contributed by atoms with Gasteiger partial charge in [-0.2, -0.15) is 23.1 Å². The number of alkyl halides is 3. The van der Waals surface area contributed by atoms with Crippen LogP contribution in [-0.2, 0) is 12.7 Å². The van der Waals surface area contributed by atoms with Crippen LogP contribution in [0.1, 0.15) is 50.1 Å². The molecule has 0 unspecified atom stereocenters. The average molecular weight is 435 g/mol. The summed E-state index contributed by atoms with van der Waals surface area (Å²) < 4.78 is 41.3. The average Bonchev–Trinajstić information content (AvgIpc) is 3.17. The van der Waals surface area contributed by atoms with Crippen molar-refractivity contribution >= 4 is 0 Å². The third-order valence-electron chi connectivity index (χ3n) is 6.34. The molecule has 2 aliphatic heterocycles. The van der Waals surface area contributed by atoms with E-state index in [-0.39, 0.29) is 13.1 Å². The van der Waals surface area contributed by atoms with Crippen LogP contribution in [0.5, 0.6) is 0 Å². The molecule has 0 atom stereocenters. The Morgan fingerprint density at radius 1 is 1.16 bits per heavy atom. The van der Waals surface area contributed by atoms with Gasteiger partial charge in [-0.25, -0.2) is 0 Å². The number of benzene rings is 1. The van der Waals surface area contributed by atoms with Crippen molar-refractivity contribution < 1.29 is 13.2 Å². The second kappa shape index (κ2) is 8.93. The van der Waals surface area contributed by atoms with Crippen molar-refractivity contribution in [2.24, 2.45) is 5.41 Å². The van der Waals surface area contributed by atoms with E-state index in [9.17, 15) is 13.2 Å². The summed E-state index contributed by atoms with van der Waals surface area (Å²) in [5.41, 5.74) is -0.821. The van der Waals surface area contributed by atoms with E-state index in [4.69, 9.17) is 5.26 Å². The lowest BCUT2D eigenvalue weighted by Crippen LogP contribution is -2.48. The molecule has 1 spiro atoms. The minimum atomic E-state index is -4.62. The topological polar surface area (TPSA) is 73.9 Å². The number of hydrogen-bond acceptors (Lipinski definition) is 6. The highest BCUT2D eigenvalue weighted by molar-refractivity contribution is 5.47. The summed E-state index contributed by atoms with van der Waals surface area (Å²) in [5, 5.41) is 20.6. The van der Waals surface area contributed by atoms with Crippen LogP contribution in [0, 0.1) is 16.7 Å². The van der Waals surface area contributed by atoms with Gasteiger partial charge in [0.05, 0.1) is 29.4 Å². The number of tetrazole rings is 1. The molecule has 0 N–H and O–H groups in total. The van der Waals surface area contributed by atoms with Crippen LogP contribution in [0.3, 0.4) is 0 Å². The van der Waals surface area contributed by atoms with Crippen molar-refractivity contribution in [2.45, 2.75) is 45.8 Å². The highest BCUT2D eigenvalue weighted by Gasteiger charge is 2.38. The summed E-state index contributed by atoms with van der Waals surface area (Å²) >= 11 is 0. The van der Waals surface area contributed by atoms with Gasteiger partial charge in [0.25, 0.3) is 0 Å². The van der Waals surface area contributed by atoms with E-state index in [2.05, 4.69) is 32.4 Å². The van der Waals surface area contributed by atoms with Gasteiger partial charge >= 0.3 is 6.18 Å². The van der Waals surface area contributed by atoms with E-state index >= 15 is 0 Å². The van der Waals surface area contributed by atoms with Crippen LogP contribution in [0.15, 0.2) is 18.2 Å². The second-order valence-corrected chi connectivity index (χ2v) is 8.46. The summed E-state index contributed by atoms with van der Waals surface area (Å²) in [7, 11) is 2.17. The first-order valence-corrected chi connectivity index (χ1v) is 10.1. The molecule has 0 radical (unpaired) electrons. The van der Waals surface area contributed by atoms with Crippen LogP contribution in [0.25, 0.3) is 5.69 Å². The minimum absolute atomic E-state index is 0. The number of hydrogen-bond donors (Lipinski definition) is 0. The van der Waals surface area contributed by atoms with Crippen LogP contribution >= 0.6 is 0 Å². The van der Waals surface area contributed by atoms with Gasteiger partial charge in [-0.05, 0) is 86.4 Å². The summed E-state index contributed by atoms with van der Waals surface area (Å²) in [6, 6.07) is 5.13. The molecule has 0 bridgehead atoms. The van der Waals surface area contributed by atoms with Crippen LogP contribution in [0.4, 0.5) is 13.2 Å². The molecule has 168 valence electrons. The molecule has 10 heteroatoms. The highest BCUT2D eigenvalue weighted by atomic mass is 19.4. The number of aromatic nitrogens is 4. The van der Waals surface area contributed by atoms with E-state index in [1.807, 2.05) is 0 Å². The molecule has 4 rings (SSSR count). The molecule has 3 heterocycles. The molecule has 2 fully saturated rings. The molecule has 1 aromatic heterocycles. The molecule has 2 saturated heterocycles. The summed E-state index contributed by atoms with van der Waals surface area (Å²) in [6.07, 6.45) is 0.0783. The predicted molar refractivity (Wildman–Crippen MR) is 109 cm³/mol. The van der Waals surface area contributed by atoms with Crippen molar-refractivity contribution in [3.63, 3.8) is 0 Å². The normalized spacial score (nSPS) is 19.7. The Morgan fingerprint density at radius 2 is 1.90 bits per heavy atom. The van der Waals surface area contributed by atoms with Crippen molar-refractivity contribution in [3.8, 4) is 11.8 Å². The Labute approximate surface area is 180 Å². The molecule has 31 heavy (non-hydrogen) atoms. The van der Waals surface area contributed by atoms with Gasteiger partial charge in [-0.3, -0.25) is 4.90 Å². The maximum atomic E-state index is 13.3. The Bertz CT molecular complexity index is 939. The molecular weight excluding hydrogens is 407 g/mol. The SMILES string of the molecule is C.CN1CCCC2(CCN(Cc3nnnn3-c3ccc(C#N)c(C(F)(F)F)c3)CC2)C1. The van der Waals surface area contributed by atoms with E-state index in [1.54, 1.807) is 6.07 Å². The second-order valence-electron chi connectivity index (χ2n) is 8.46. The largest absolute Gasteiger partial charge is 0.417 e. The van der Waals surface area contributed by atoms with Crippen molar-refractivity contribution in [2.75, 3.05) is 33.2 Å². The van der Waals surface area contributed by atoms with Gasteiger partial charge in [-0.1, -0.05) is 7.43 Å². The lowest BCUT2D eigenvalue weighted by atomic mass is 9.72. The number of piperidine rings is 2. The fourth-order valence-corrected chi connectivity index (χ4v) is 4.75. The maximum absolute atomic E-state index is 13.3. The van der Waals surface area contributed by atoms with Crippen molar-refractivity contribution in [1.82, 2.24) is 30.0 Å². The lowest BCUT2D eigenvalue weighted by molar-refractivity contribution is -0.137. The third kappa shape index (κ3) is 4.88. The summed E-state index contributed by atoms with van der Waals surface area (Å²) in [6.45, 7) is 4.60. The monoisotopic (exact) mass is 435 g/mol. The summed E-state index contributed by atoms with van der Waals surface area (Å²) in [5.74, 6) is 0.490. The molecule has 7 nitrogen and oxygen atoms in total. The fraction of sp³-hybridized carbons (Fsp3) is 0.619. The van der Waals surface area contributed by atoms with Crippen LogP contribution in [0.2, 0.25) is 0 Å².